The van der Waals surface area contributed by atoms with Crippen molar-refractivity contribution in [1.82, 2.24) is 9.78 Å². The van der Waals surface area contributed by atoms with Crippen LogP contribution in [0.15, 0.2) is 85.1 Å². The van der Waals surface area contributed by atoms with Gasteiger partial charge in [-0.2, -0.15) is 5.10 Å². The summed E-state index contributed by atoms with van der Waals surface area (Å²) in [6.45, 7) is 2.58. The van der Waals surface area contributed by atoms with Crippen molar-refractivity contribution in [2.24, 2.45) is 0 Å². The van der Waals surface area contributed by atoms with Gasteiger partial charge in [0.15, 0.2) is 0 Å². The second-order valence-corrected chi connectivity index (χ2v) is 6.45. The third-order valence-electron chi connectivity index (χ3n) is 4.49. The zero-order chi connectivity index (χ0) is 17.9. The minimum atomic E-state index is 0.315. The van der Waals surface area contributed by atoms with Gasteiger partial charge < -0.3 is 5.11 Å². The second-order valence-electron chi connectivity index (χ2n) is 6.45. The Morgan fingerprint density at radius 1 is 0.846 bits per heavy atom. The van der Waals surface area contributed by atoms with E-state index in [0.717, 1.165) is 27.9 Å². The van der Waals surface area contributed by atoms with E-state index in [-0.39, 0.29) is 0 Å². The van der Waals surface area contributed by atoms with Crippen LogP contribution in [0.25, 0.3) is 22.4 Å². The maximum Gasteiger partial charge on any atom is 0.128 e. The Labute approximate surface area is 153 Å². The Morgan fingerprint density at radius 3 is 2.42 bits per heavy atom. The summed E-state index contributed by atoms with van der Waals surface area (Å²) in [6, 6.07) is 26.1. The average Bonchev–Trinajstić information content (AvgIpc) is 3.13. The monoisotopic (exact) mass is 340 g/mol. The van der Waals surface area contributed by atoms with Gasteiger partial charge in [0.1, 0.15) is 5.75 Å². The number of para-hydroxylation sites is 1. The number of nitrogens with zero attached hydrogens (tertiary/aromatic N) is 2. The smallest absolute Gasteiger partial charge is 0.128 e. The Hall–Kier alpha value is -3.33. The molecule has 4 rings (SSSR count). The van der Waals surface area contributed by atoms with Crippen molar-refractivity contribution >= 4 is 0 Å². The van der Waals surface area contributed by atoms with Crippen molar-refractivity contribution in [2.45, 2.75) is 13.5 Å². The molecular formula is C23H20N2O. The van der Waals surface area contributed by atoms with Crippen molar-refractivity contribution in [3.8, 4) is 28.1 Å². The van der Waals surface area contributed by atoms with Gasteiger partial charge in [-0.3, -0.25) is 4.68 Å². The fraction of sp³-hybridized carbons (Fsp3) is 0.0870. The summed E-state index contributed by atoms with van der Waals surface area (Å²) in [4.78, 5) is 0. The fourth-order valence-electron chi connectivity index (χ4n) is 3.15. The molecule has 0 aliphatic heterocycles. The number of hydrogen-bond donors (Lipinski definition) is 1. The number of hydrogen-bond acceptors (Lipinski definition) is 2. The molecular weight excluding hydrogens is 320 g/mol. The van der Waals surface area contributed by atoms with Crippen LogP contribution in [-0.2, 0) is 6.54 Å². The molecule has 0 aliphatic rings. The first-order valence-corrected chi connectivity index (χ1v) is 8.67. The lowest BCUT2D eigenvalue weighted by molar-refractivity contribution is 0.466. The summed E-state index contributed by atoms with van der Waals surface area (Å²) < 4.78 is 1.86. The summed E-state index contributed by atoms with van der Waals surface area (Å²) >= 11 is 0. The largest absolute Gasteiger partial charge is 0.507 e. The van der Waals surface area contributed by atoms with E-state index in [1.165, 1.54) is 5.56 Å². The third kappa shape index (κ3) is 3.24. The highest BCUT2D eigenvalue weighted by molar-refractivity contribution is 5.72. The lowest BCUT2D eigenvalue weighted by Gasteiger charge is -2.11. The van der Waals surface area contributed by atoms with Crippen LogP contribution in [0.3, 0.4) is 0 Å². The Balaban J connectivity index is 1.64. The lowest BCUT2D eigenvalue weighted by atomic mass is 10.00. The number of aromatic nitrogens is 2. The molecule has 0 unspecified atom stereocenters. The highest BCUT2D eigenvalue weighted by atomic mass is 16.3. The maximum atomic E-state index is 10.8. The standard InChI is InChI=1S/C23H20N2O/c1-17-7-5-10-19(15-17)21-12-6-11-20(23(21)26)16-25-14-13-22(24-25)18-8-3-2-4-9-18/h2-15,26H,16H2,1H3. The molecule has 26 heavy (non-hydrogen) atoms. The van der Waals surface area contributed by atoms with Crippen molar-refractivity contribution in [1.29, 1.82) is 0 Å². The molecule has 128 valence electrons. The summed E-state index contributed by atoms with van der Waals surface area (Å²) in [6.07, 6.45) is 1.95. The number of phenols is 1. The summed E-state index contributed by atoms with van der Waals surface area (Å²) in [7, 11) is 0. The van der Waals surface area contributed by atoms with E-state index in [1.54, 1.807) is 0 Å². The molecule has 1 N–H and O–H groups in total. The fourth-order valence-corrected chi connectivity index (χ4v) is 3.15. The van der Waals surface area contributed by atoms with Gasteiger partial charge in [-0.25, -0.2) is 0 Å². The average molecular weight is 340 g/mol. The Kier molecular flexibility index (Phi) is 4.28. The normalized spacial score (nSPS) is 10.8. The minimum absolute atomic E-state index is 0.315. The lowest BCUT2D eigenvalue weighted by Crippen LogP contribution is -2.01. The van der Waals surface area contributed by atoms with Gasteiger partial charge in [0, 0.05) is 22.9 Å². The van der Waals surface area contributed by atoms with Gasteiger partial charge in [0.05, 0.1) is 12.2 Å². The summed E-state index contributed by atoms with van der Waals surface area (Å²) in [5.41, 5.74) is 5.92. The van der Waals surface area contributed by atoms with E-state index in [4.69, 9.17) is 0 Å². The minimum Gasteiger partial charge on any atom is -0.507 e. The second kappa shape index (κ2) is 6.89. The van der Waals surface area contributed by atoms with Crippen LogP contribution in [-0.4, -0.2) is 14.9 Å². The first-order chi connectivity index (χ1) is 12.7. The van der Waals surface area contributed by atoms with Crippen LogP contribution < -0.4 is 0 Å². The molecule has 0 bridgehead atoms. The predicted molar refractivity (Wildman–Crippen MR) is 105 cm³/mol. The molecule has 1 aromatic heterocycles. The van der Waals surface area contributed by atoms with E-state index in [1.807, 2.05) is 77.6 Å². The van der Waals surface area contributed by atoms with Crippen molar-refractivity contribution in [3.05, 3.63) is 96.2 Å². The topological polar surface area (TPSA) is 38.0 Å². The molecule has 1 heterocycles. The van der Waals surface area contributed by atoms with E-state index >= 15 is 0 Å². The van der Waals surface area contributed by atoms with Crippen molar-refractivity contribution in [3.63, 3.8) is 0 Å². The summed E-state index contributed by atoms with van der Waals surface area (Å²) in [5.74, 6) is 0.315. The van der Waals surface area contributed by atoms with Crippen LogP contribution in [0.1, 0.15) is 11.1 Å². The van der Waals surface area contributed by atoms with E-state index in [9.17, 15) is 5.11 Å². The molecule has 4 aromatic rings. The first-order valence-electron chi connectivity index (χ1n) is 8.67. The number of benzene rings is 3. The number of rotatable bonds is 4. The van der Waals surface area contributed by atoms with E-state index in [0.29, 0.717) is 12.3 Å². The predicted octanol–water partition coefficient (Wildman–Crippen LogP) is 5.28. The molecule has 0 fully saturated rings. The molecule has 0 amide bonds. The molecule has 0 saturated heterocycles. The molecule has 3 aromatic carbocycles. The van der Waals surface area contributed by atoms with Gasteiger partial charge in [-0.15, -0.1) is 0 Å². The highest BCUT2D eigenvalue weighted by Gasteiger charge is 2.10. The zero-order valence-corrected chi connectivity index (χ0v) is 14.6. The van der Waals surface area contributed by atoms with Crippen molar-refractivity contribution in [2.75, 3.05) is 0 Å². The van der Waals surface area contributed by atoms with E-state index < -0.39 is 0 Å². The van der Waals surface area contributed by atoms with Crippen LogP contribution in [0.5, 0.6) is 5.75 Å². The number of aromatic hydroxyl groups is 1. The molecule has 0 saturated carbocycles. The van der Waals surface area contributed by atoms with Gasteiger partial charge >= 0.3 is 0 Å². The van der Waals surface area contributed by atoms with Gasteiger partial charge in [-0.1, -0.05) is 78.4 Å². The molecule has 0 atom stereocenters. The molecule has 0 radical (unpaired) electrons. The molecule has 3 heteroatoms. The Bertz CT molecular complexity index is 1040. The quantitative estimate of drug-likeness (QED) is 0.549. The maximum absolute atomic E-state index is 10.8. The molecule has 0 aliphatic carbocycles. The summed E-state index contributed by atoms with van der Waals surface area (Å²) in [5, 5.41) is 15.4. The molecule has 0 spiro atoms. The van der Waals surface area contributed by atoms with Gasteiger partial charge in [0.2, 0.25) is 0 Å². The van der Waals surface area contributed by atoms with Crippen LogP contribution in [0.4, 0.5) is 0 Å². The highest BCUT2D eigenvalue weighted by Crippen LogP contribution is 2.33. The van der Waals surface area contributed by atoms with Gasteiger partial charge in [0.25, 0.3) is 0 Å². The number of phenolic OH excluding ortho intramolecular Hbond substituents is 1. The van der Waals surface area contributed by atoms with Gasteiger partial charge in [-0.05, 0) is 18.6 Å². The third-order valence-corrected chi connectivity index (χ3v) is 4.49. The first kappa shape index (κ1) is 16.2. The van der Waals surface area contributed by atoms with Crippen LogP contribution >= 0.6 is 0 Å². The van der Waals surface area contributed by atoms with Crippen LogP contribution in [0.2, 0.25) is 0 Å². The van der Waals surface area contributed by atoms with E-state index in [2.05, 4.69) is 24.2 Å². The van der Waals surface area contributed by atoms with Crippen molar-refractivity contribution < 1.29 is 5.11 Å². The van der Waals surface area contributed by atoms with Crippen LogP contribution in [0, 0.1) is 6.92 Å². The number of aryl methyl sites for hydroxylation is 1. The SMILES string of the molecule is Cc1cccc(-c2cccc(Cn3ccc(-c4ccccc4)n3)c2O)c1. The molecule has 3 nitrogen and oxygen atoms in total. The Morgan fingerprint density at radius 2 is 1.62 bits per heavy atom. The zero-order valence-electron chi connectivity index (χ0n) is 14.6.